The van der Waals surface area contributed by atoms with Gasteiger partial charge in [-0.25, -0.2) is 0 Å². The zero-order valence-electron chi connectivity index (χ0n) is 12.1. The van der Waals surface area contributed by atoms with Crippen LogP contribution >= 0.6 is 0 Å². The summed E-state index contributed by atoms with van der Waals surface area (Å²) in [4.78, 5) is 12.9. The fourth-order valence-corrected chi connectivity index (χ4v) is 2.04. The molecule has 6 nitrogen and oxygen atoms in total. The van der Waals surface area contributed by atoms with Crippen molar-refractivity contribution in [3.05, 3.63) is 36.5 Å². The van der Waals surface area contributed by atoms with E-state index in [-0.39, 0.29) is 0 Å². The smallest absolute Gasteiger partial charge is 0.228 e. The maximum atomic E-state index is 5.28. The largest absolute Gasteiger partial charge is 0.339 e. The molecule has 0 spiro atoms. The predicted octanol–water partition coefficient (Wildman–Crippen LogP) is 2.22. The Bertz CT molecular complexity index is 738. The van der Waals surface area contributed by atoms with Gasteiger partial charge in [0.1, 0.15) is 0 Å². The lowest BCUT2D eigenvalue weighted by Crippen LogP contribution is -2.25. The second-order valence-corrected chi connectivity index (χ2v) is 5.13. The third-order valence-corrected chi connectivity index (χ3v) is 3.09. The summed E-state index contributed by atoms with van der Waals surface area (Å²) in [6.07, 6.45) is 4.07. The standard InChI is InChI=1S/C15H17N5O/c1-10(2)16-6-5-14-19-15(20-21-14)11-3-4-12-13(9-11)18-8-7-17-12/h3-4,7-10,16H,5-6H2,1-2H3. The van der Waals surface area contributed by atoms with Crippen molar-refractivity contribution in [2.75, 3.05) is 6.54 Å². The van der Waals surface area contributed by atoms with E-state index >= 15 is 0 Å². The number of fused-ring (bicyclic) bond motifs is 1. The van der Waals surface area contributed by atoms with Crippen LogP contribution in [-0.2, 0) is 6.42 Å². The van der Waals surface area contributed by atoms with Crippen molar-refractivity contribution in [1.82, 2.24) is 25.4 Å². The SMILES string of the molecule is CC(C)NCCc1nc(-c2ccc3nccnc3c2)no1. The van der Waals surface area contributed by atoms with Gasteiger partial charge in [-0.2, -0.15) is 4.98 Å². The summed E-state index contributed by atoms with van der Waals surface area (Å²) in [6, 6.07) is 6.21. The molecule has 6 heteroatoms. The summed E-state index contributed by atoms with van der Waals surface area (Å²) in [5.41, 5.74) is 2.56. The van der Waals surface area contributed by atoms with Gasteiger partial charge in [0.2, 0.25) is 11.7 Å². The molecule has 0 unspecified atom stereocenters. The number of benzene rings is 1. The van der Waals surface area contributed by atoms with Gasteiger partial charge in [0.15, 0.2) is 0 Å². The van der Waals surface area contributed by atoms with Gasteiger partial charge in [0.25, 0.3) is 0 Å². The van der Waals surface area contributed by atoms with Crippen molar-refractivity contribution >= 4 is 11.0 Å². The number of hydrogen-bond acceptors (Lipinski definition) is 6. The fourth-order valence-electron chi connectivity index (χ4n) is 2.04. The lowest BCUT2D eigenvalue weighted by molar-refractivity contribution is 0.374. The maximum absolute atomic E-state index is 5.28. The molecule has 3 rings (SSSR count). The first kappa shape index (κ1) is 13.6. The molecule has 0 bridgehead atoms. The molecule has 0 radical (unpaired) electrons. The maximum Gasteiger partial charge on any atom is 0.228 e. The highest BCUT2D eigenvalue weighted by atomic mass is 16.5. The lowest BCUT2D eigenvalue weighted by Gasteiger charge is -2.04. The first-order chi connectivity index (χ1) is 10.2. The van der Waals surface area contributed by atoms with Crippen LogP contribution in [0.5, 0.6) is 0 Å². The van der Waals surface area contributed by atoms with Crippen molar-refractivity contribution < 1.29 is 4.52 Å². The second kappa shape index (κ2) is 5.97. The van der Waals surface area contributed by atoms with E-state index in [1.807, 2.05) is 18.2 Å². The second-order valence-electron chi connectivity index (χ2n) is 5.13. The Labute approximate surface area is 122 Å². The number of rotatable bonds is 5. The van der Waals surface area contributed by atoms with E-state index in [0.29, 0.717) is 17.8 Å². The molecule has 0 amide bonds. The highest BCUT2D eigenvalue weighted by Gasteiger charge is 2.09. The molecule has 21 heavy (non-hydrogen) atoms. The highest BCUT2D eigenvalue weighted by molar-refractivity contribution is 5.79. The minimum absolute atomic E-state index is 0.450. The molecule has 108 valence electrons. The molecule has 0 saturated heterocycles. The van der Waals surface area contributed by atoms with Crippen LogP contribution in [0, 0.1) is 0 Å². The van der Waals surface area contributed by atoms with Gasteiger partial charge >= 0.3 is 0 Å². The molecular formula is C15H17N5O. The summed E-state index contributed by atoms with van der Waals surface area (Å²) < 4.78 is 5.28. The Morgan fingerprint density at radius 1 is 1.14 bits per heavy atom. The first-order valence-corrected chi connectivity index (χ1v) is 6.99. The molecule has 0 atom stereocenters. The average molecular weight is 283 g/mol. The lowest BCUT2D eigenvalue weighted by atomic mass is 10.2. The number of aromatic nitrogens is 4. The fraction of sp³-hybridized carbons (Fsp3) is 0.333. The van der Waals surface area contributed by atoms with Gasteiger partial charge in [-0.15, -0.1) is 0 Å². The van der Waals surface area contributed by atoms with Crippen LogP contribution < -0.4 is 5.32 Å². The van der Waals surface area contributed by atoms with Crippen LogP contribution in [0.1, 0.15) is 19.7 Å². The summed E-state index contributed by atoms with van der Waals surface area (Å²) in [5, 5.41) is 7.35. The van der Waals surface area contributed by atoms with Gasteiger partial charge in [-0.3, -0.25) is 9.97 Å². The van der Waals surface area contributed by atoms with E-state index in [9.17, 15) is 0 Å². The van der Waals surface area contributed by atoms with Gasteiger partial charge in [0, 0.05) is 37.0 Å². The number of hydrogen-bond donors (Lipinski definition) is 1. The molecule has 1 N–H and O–H groups in total. The van der Waals surface area contributed by atoms with Crippen molar-refractivity contribution in [2.45, 2.75) is 26.3 Å². The zero-order chi connectivity index (χ0) is 14.7. The Morgan fingerprint density at radius 3 is 2.76 bits per heavy atom. The van der Waals surface area contributed by atoms with Crippen molar-refractivity contribution in [2.24, 2.45) is 0 Å². The van der Waals surface area contributed by atoms with Crippen LogP contribution in [-0.4, -0.2) is 32.7 Å². The minimum atomic E-state index is 0.450. The quantitative estimate of drug-likeness (QED) is 0.773. The minimum Gasteiger partial charge on any atom is -0.339 e. The van der Waals surface area contributed by atoms with Gasteiger partial charge in [-0.1, -0.05) is 19.0 Å². The number of nitrogens with zero attached hydrogens (tertiary/aromatic N) is 4. The van der Waals surface area contributed by atoms with Crippen molar-refractivity contribution in [3.63, 3.8) is 0 Å². The summed E-state index contributed by atoms with van der Waals surface area (Å²) >= 11 is 0. The third-order valence-electron chi connectivity index (χ3n) is 3.09. The predicted molar refractivity (Wildman–Crippen MR) is 79.7 cm³/mol. The van der Waals surface area contributed by atoms with Crippen LogP contribution in [0.3, 0.4) is 0 Å². The Morgan fingerprint density at radius 2 is 1.95 bits per heavy atom. The molecular weight excluding hydrogens is 266 g/mol. The Balaban J connectivity index is 1.77. The van der Waals surface area contributed by atoms with Crippen LogP contribution in [0.25, 0.3) is 22.4 Å². The molecule has 1 aromatic carbocycles. The van der Waals surface area contributed by atoms with Gasteiger partial charge in [0.05, 0.1) is 11.0 Å². The van der Waals surface area contributed by atoms with E-state index in [0.717, 1.165) is 29.6 Å². The summed E-state index contributed by atoms with van der Waals surface area (Å²) in [5.74, 6) is 1.22. The van der Waals surface area contributed by atoms with E-state index in [1.165, 1.54) is 0 Å². The molecule has 0 saturated carbocycles. The van der Waals surface area contributed by atoms with Crippen LogP contribution in [0.2, 0.25) is 0 Å². The molecule has 0 aliphatic rings. The highest BCUT2D eigenvalue weighted by Crippen LogP contribution is 2.19. The van der Waals surface area contributed by atoms with E-state index in [4.69, 9.17) is 4.52 Å². The summed E-state index contributed by atoms with van der Waals surface area (Å²) in [7, 11) is 0. The molecule has 0 aliphatic carbocycles. The normalized spacial score (nSPS) is 11.4. The zero-order valence-corrected chi connectivity index (χ0v) is 12.1. The van der Waals surface area contributed by atoms with E-state index in [2.05, 4.69) is 39.3 Å². The third kappa shape index (κ3) is 3.22. The van der Waals surface area contributed by atoms with Crippen molar-refractivity contribution in [3.8, 4) is 11.4 Å². The summed E-state index contributed by atoms with van der Waals surface area (Å²) in [6.45, 7) is 5.03. The molecule has 0 aliphatic heterocycles. The molecule has 2 heterocycles. The number of nitrogens with one attached hydrogen (secondary N) is 1. The average Bonchev–Trinajstić information content (AvgIpc) is 2.95. The topological polar surface area (TPSA) is 76.7 Å². The van der Waals surface area contributed by atoms with Gasteiger partial charge in [-0.05, 0) is 18.2 Å². The first-order valence-electron chi connectivity index (χ1n) is 6.99. The molecule has 0 fully saturated rings. The monoisotopic (exact) mass is 283 g/mol. The van der Waals surface area contributed by atoms with Crippen molar-refractivity contribution in [1.29, 1.82) is 0 Å². The Hall–Kier alpha value is -2.34. The van der Waals surface area contributed by atoms with Gasteiger partial charge < -0.3 is 9.84 Å². The van der Waals surface area contributed by atoms with E-state index in [1.54, 1.807) is 12.4 Å². The molecule has 2 aromatic heterocycles. The molecule has 3 aromatic rings. The van der Waals surface area contributed by atoms with Crippen LogP contribution in [0.15, 0.2) is 35.1 Å². The van der Waals surface area contributed by atoms with Crippen LogP contribution in [0.4, 0.5) is 0 Å². The van der Waals surface area contributed by atoms with E-state index < -0.39 is 0 Å². The Kier molecular flexibility index (Phi) is 3.87.